The van der Waals surface area contributed by atoms with E-state index in [1.165, 1.54) is 6.92 Å². The van der Waals surface area contributed by atoms with Gasteiger partial charge in [0, 0.05) is 6.07 Å². The Morgan fingerprint density at radius 2 is 1.79 bits per heavy atom. The van der Waals surface area contributed by atoms with Crippen molar-refractivity contribution in [3.8, 4) is 5.75 Å². The highest BCUT2D eigenvalue weighted by Crippen LogP contribution is 2.27. The summed E-state index contributed by atoms with van der Waals surface area (Å²) < 4.78 is 60.0. The number of carbonyl (C=O) groups is 2. The lowest BCUT2D eigenvalue weighted by molar-refractivity contribution is -0.153. The smallest absolute Gasteiger partial charge is 0.422 e. The molecule has 0 saturated heterocycles. The molecular formula is C19H18F4N2O4. The zero-order chi connectivity index (χ0) is 21.4. The van der Waals surface area contributed by atoms with Crippen molar-refractivity contribution in [1.29, 1.82) is 0 Å². The van der Waals surface area contributed by atoms with Crippen LogP contribution in [0.15, 0.2) is 48.5 Å². The van der Waals surface area contributed by atoms with Crippen molar-refractivity contribution in [2.24, 2.45) is 0 Å². The molecule has 10 heteroatoms. The molecule has 1 atom stereocenters. The Morgan fingerprint density at radius 1 is 1.10 bits per heavy atom. The molecule has 2 rings (SSSR count). The molecule has 0 heterocycles. The maximum absolute atomic E-state index is 13.4. The fraction of sp³-hybridized carbons (Fsp3) is 0.263. The van der Waals surface area contributed by atoms with Crippen LogP contribution in [0.5, 0.6) is 5.75 Å². The van der Waals surface area contributed by atoms with Crippen LogP contribution in [0, 0.1) is 5.82 Å². The molecule has 0 saturated carbocycles. The van der Waals surface area contributed by atoms with Gasteiger partial charge in [-0.15, -0.1) is 0 Å². The zero-order valence-corrected chi connectivity index (χ0v) is 15.3. The number of alkyl halides is 3. The predicted molar refractivity (Wildman–Crippen MR) is 95.8 cm³/mol. The molecule has 0 aliphatic heterocycles. The number of amides is 2. The number of anilines is 1. The van der Waals surface area contributed by atoms with Gasteiger partial charge in [0.1, 0.15) is 24.2 Å². The van der Waals surface area contributed by atoms with Gasteiger partial charge in [0.05, 0.1) is 5.69 Å². The number of hydrogen-bond acceptors (Lipinski definition) is 4. The Balaban J connectivity index is 1.92. The standard InChI is InChI=1S/C19H18F4N2O4/c1-12(24-18(27)28-10-13-5-3-2-4-6-13)17(26)25-15-9-14(20)7-8-16(15)29-11-19(21,22)23/h2-9,12H,10-11H2,1H3,(H,24,27)(H,25,26)/t12-/m0/s1. The number of ether oxygens (including phenoxy) is 2. The van der Waals surface area contributed by atoms with E-state index < -0.39 is 36.6 Å². The van der Waals surface area contributed by atoms with Crippen molar-refractivity contribution in [2.45, 2.75) is 25.7 Å². The van der Waals surface area contributed by atoms with Gasteiger partial charge < -0.3 is 20.1 Å². The van der Waals surface area contributed by atoms with Crippen molar-refractivity contribution in [3.05, 3.63) is 59.9 Å². The van der Waals surface area contributed by atoms with Gasteiger partial charge in [0.2, 0.25) is 5.91 Å². The van der Waals surface area contributed by atoms with Crippen LogP contribution in [-0.4, -0.2) is 30.8 Å². The molecule has 2 amide bonds. The van der Waals surface area contributed by atoms with Gasteiger partial charge in [-0.05, 0) is 24.6 Å². The molecule has 0 unspecified atom stereocenters. The minimum Gasteiger partial charge on any atom is -0.482 e. The Morgan fingerprint density at radius 3 is 2.45 bits per heavy atom. The minimum absolute atomic E-state index is 0.0136. The summed E-state index contributed by atoms with van der Waals surface area (Å²) in [5.74, 6) is -1.96. The first-order valence-corrected chi connectivity index (χ1v) is 8.41. The summed E-state index contributed by atoms with van der Waals surface area (Å²) in [5, 5.41) is 4.50. The van der Waals surface area contributed by atoms with Crippen LogP contribution in [0.25, 0.3) is 0 Å². The molecule has 156 valence electrons. The lowest BCUT2D eigenvalue weighted by Crippen LogP contribution is -2.41. The van der Waals surface area contributed by atoms with Crippen LogP contribution in [0.4, 0.5) is 28.0 Å². The highest BCUT2D eigenvalue weighted by Gasteiger charge is 2.29. The number of alkyl carbamates (subject to hydrolysis) is 1. The van der Waals surface area contributed by atoms with Gasteiger partial charge in [0.25, 0.3) is 0 Å². The molecule has 2 N–H and O–H groups in total. The molecule has 6 nitrogen and oxygen atoms in total. The van der Waals surface area contributed by atoms with E-state index in [1.807, 2.05) is 0 Å². The van der Waals surface area contributed by atoms with Crippen molar-refractivity contribution >= 4 is 17.7 Å². The monoisotopic (exact) mass is 414 g/mol. The second-order valence-corrected chi connectivity index (χ2v) is 5.96. The number of carbonyl (C=O) groups excluding carboxylic acids is 2. The number of benzene rings is 2. The Kier molecular flexibility index (Phi) is 7.40. The van der Waals surface area contributed by atoms with Crippen molar-refractivity contribution in [2.75, 3.05) is 11.9 Å². The van der Waals surface area contributed by atoms with E-state index in [9.17, 15) is 27.2 Å². The normalized spacial score (nSPS) is 12.0. The first-order chi connectivity index (χ1) is 13.6. The van der Waals surface area contributed by atoms with Gasteiger partial charge in [-0.25, -0.2) is 9.18 Å². The largest absolute Gasteiger partial charge is 0.482 e. The van der Waals surface area contributed by atoms with Gasteiger partial charge in [-0.1, -0.05) is 30.3 Å². The summed E-state index contributed by atoms with van der Waals surface area (Å²) in [4.78, 5) is 24.0. The topological polar surface area (TPSA) is 76.7 Å². The SMILES string of the molecule is C[C@H](NC(=O)OCc1ccccc1)C(=O)Nc1cc(F)ccc1OCC(F)(F)F. The van der Waals surface area contributed by atoms with E-state index in [-0.39, 0.29) is 18.0 Å². The molecule has 0 spiro atoms. The maximum atomic E-state index is 13.4. The molecule has 2 aromatic carbocycles. The second-order valence-electron chi connectivity index (χ2n) is 5.96. The molecule has 0 aliphatic carbocycles. The van der Waals surface area contributed by atoms with E-state index in [2.05, 4.69) is 15.4 Å². The van der Waals surface area contributed by atoms with E-state index in [0.29, 0.717) is 0 Å². The quantitative estimate of drug-likeness (QED) is 0.671. The number of hydrogen-bond donors (Lipinski definition) is 2. The average Bonchev–Trinajstić information content (AvgIpc) is 2.65. The van der Waals surface area contributed by atoms with Crippen LogP contribution < -0.4 is 15.4 Å². The predicted octanol–water partition coefficient (Wildman–Crippen LogP) is 4.02. The molecule has 0 aromatic heterocycles. The van der Waals surface area contributed by atoms with E-state index in [1.54, 1.807) is 30.3 Å². The average molecular weight is 414 g/mol. The van der Waals surface area contributed by atoms with Crippen LogP contribution in [0.2, 0.25) is 0 Å². The third-order valence-electron chi connectivity index (χ3n) is 3.53. The van der Waals surface area contributed by atoms with E-state index >= 15 is 0 Å². The third-order valence-corrected chi connectivity index (χ3v) is 3.53. The number of rotatable bonds is 7. The van der Waals surface area contributed by atoms with Gasteiger partial charge >= 0.3 is 12.3 Å². The molecular weight excluding hydrogens is 396 g/mol. The van der Waals surface area contributed by atoms with Gasteiger partial charge in [-0.2, -0.15) is 13.2 Å². The summed E-state index contributed by atoms with van der Waals surface area (Å²) >= 11 is 0. The Bertz CT molecular complexity index is 844. The minimum atomic E-state index is -4.60. The zero-order valence-electron chi connectivity index (χ0n) is 15.3. The Labute approximate surface area is 163 Å². The van der Waals surface area contributed by atoms with Crippen LogP contribution in [-0.2, 0) is 16.1 Å². The molecule has 29 heavy (non-hydrogen) atoms. The van der Waals surface area contributed by atoms with Crippen LogP contribution in [0.1, 0.15) is 12.5 Å². The number of halogens is 4. The van der Waals surface area contributed by atoms with Crippen molar-refractivity contribution < 1.29 is 36.6 Å². The maximum Gasteiger partial charge on any atom is 0.422 e. The van der Waals surface area contributed by atoms with E-state index in [0.717, 1.165) is 23.8 Å². The fourth-order valence-corrected chi connectivity index (χ4v) is 2.13. The first kappa shape index (κ1) is 22.0. The van der Waals surface area contributed by atoms with Gasteiger partial charge in [-0.3, -0.25) is 4.79 Å². The highest BCUT2D eigenvalue weighted by molar-refractivity contribution is 5.97. The molecule has 2 aromatic rings. The third kappa shape index (κ3) is 7.68. The first-order valence-electron chi connectivity index (χ1n) is 8.41. The summed E-state index contributed by atoms with van der Waals surface area (Å²) in [5.41, 5.74) is 0.441. The van der Waals surface area contributed by atoms with Crippen molar-refractivity contribution in [3.63, 3.8) is 0 Å². The summed E-state index contributed by atoms with van der Waals surface area (Å²) in [6.45, 7) is -0.296. The lowest BCUT2D eigenvalue weighted by Gasteiger charge is -2.17. The van der Waals surface area contributed by atoms with Crippen molar-refractivity contribution in [1.82, 2.24) is 5.32 Å². The highest BCUT2D eigenvalue weighted by atomic mass is 19.4. The van der Waals surface area contributed by atoms with E-state index in [4.69, 9.17) is 4.74 Å². The summed E-state index contributed by atoms with van der Waals surface area (Å²) in [6.07, 6.45) is -5.48. The Hall–Kier alpha value is -3.30. The second kappa shape index (κ2) is 9.76. The summed E-state index contributed by atoms with van der Waals surface area (Å²) in [7, 11) is 0. The molecule has 0 bridgehead atoms. The lowest BCUT2D eigenvalue weighted by atomic mass is 10.2. The van der Waals surface area contributed by atoms with Crippen LogP contribution in [0.3, 0.4) is 0 Å². The molecule has 0 aliphatic rings. The summed E-state index contributed by atoms with van der Waals surface area (Å²) in [6, 6.07) is 10.4. The molecule has 0 radical (unpaired) electrons. The number of nitrogens with one attached hydrogen (secondary N) is 2. The van der Waals surface area contributed by atoms with Gasteiger partial charge in [0.15, 0.2) is 6.61 Å². The molecule has 0 fully saturated rings. The fourth-order valence-electron chi connectivity index (χ4n) is 2.13. The van der Waals surface area contributed by atoms with Crippen LogP contribution >= 0.6 is 0 Å².